The maximum Gasteiger partial charge on any atom is 0.261 e. The van der Waals surface area contributed by atoms with Crippen LogP contribution < -0.4 is 4.74 Å². The topological polar surface area (TPSA) is 43.4 Å². The van der Waals surface area contributed by atoms with E-state index in [2.05, 4.69) is 15.9 Å². The molecule has 0 heterocycles. The summed E-state index contributed by atoms with van der Waals surface area (Å²) in [5, 5.41) is 0. The van der Waals surface area contributed by atoms with E-state index in [-0.39, 0.29) is 11.0 Å². The molecule has 0 saturated heterocycles. The van der Waals surface area contributed by atoms with Crippen LogP contribution in [-0.4, -0.2) is 14.5 Å². The van der Waals surface area contributed by atoms with Gasteiger partial charge in [0.25, 0.3) is 9.05 Å². The zero-order valence-corrected chi connectivity index (χ0v) is 11.4. The van der Waals surface area contributed by atoms with Crippen molar-refractivity contribution in [3.63, 3.8) is 0 Å². The molecule has 1 rings (SSSR count). The van der Waals surface area contributed by atoms with Crippen molar-refractivity contribution in [2.45, 2.75) is 24.8 Å². The molecular formula is C9H10BrClO3S. The van der Waals surface area contributed by atoms with E-state index in [0.29, 0.717) is 10.2 Å². The SMILES string of the molecule is CC(C)Oc1cc(Br)cc(S(=O)(=O)Cl)c1. The summed E-state index contributed by atoms with van der Waals surface area (Å²) in [6.07, 6.45) is -0.0230. The molecule has 3 nitrogen and oxygen atoms in total. The molecule has 0 bridgehead atoms. The second-order valence-electron chi connectivity index (χ2n) is 3.23. The predicted molar refractivity (Wildman–Crippen MR) is 62.9 cm³/mol. The lowest BCUT2D eigenvalue weighted by molar-refractivity contribution is 0.241. The van der Waals surface area contributed by atoms with E-state index in [0.717, 1.165) is 0 Å². The van der Waals surface area contributed by atoms with Crippen LogP contribution in [0.5, 0.6) is 5.75 Å². The maximum atomic E-state index is 11.1. The molecule has 0 aliphatic carbocycles. The molecule has 1 aromatic rings. The number of rotatable bonds is 3. The molecule has 0 atom stereocenters. The minimum atomic E-state index is -3.72. The maximum absolute atomic E-state index is 11.1. The standard InChI is InChI=1S/C9H10BrClO3S/c1-6(2)14-8-3-7(10)4-9(5-8)15(11,12)13/h3-6H,1-2H3. The highest BCUT2D eigenvalue weighted by atomic mass is 79.9. The van der Waals surface area contributed by atoms with E-state index >= 15 is 0 Å². The van der Waals surface area contributed by atoms with Crippen LogP contribution in [0.15, 0.2) is 27.6 Å². The molecule has 15 heavy (non-hydrogen) atoms. The van der Waals surface area contributed by atoms with Crippen molar-refractivity contribution in [3.05, 3.63) is 22.7 Å². The van der Waals surface area contributed by atoms with E-state index in [9.17, 15) is 8.42 Å². The van der Waals surface area contributed by atoms with Gasteiger partial charge in [-0.2, -0.15) is 0 Å². The zero-order chi connectivity index (χ0) is 11.6. The summed E-state index contributed by atoms with van der Waals surface area (Å²) < 4.78 is 28.2. The Labute approximate surface area is 102 Å². The first kappa shape index (κ1) is 12.8. The molecule has 0 fully saturated rings. The Bertz CT molecular complexity index is 456. The highest BCUT2D eigenvalue weighted by Crippen LogP contribution is 2.26. The first-order valence-corrected chi connectivity index (χ1v) is 7.31. The number of ether oxygens (including phenoxy) is 1. The Morgan fingerprint density at radius 2 is 1.93 bits per heavy atom. The van der Waals surface area contributed by atoms with Gasteiger partial charge in [0.15, 0.2) is 0 Å². The van der Waals surface area contributed by atoms with Crippen molar-refractivity contribution in [2.75, 3.05) is 0 Å². The summed E-state index contributed by atoms with van der Waals surface area (Å²) >= 11 is 3.19. The van der Waals surface area contributed by atoms with Crippen molar-refractivity contribution in [1.82, 2.24) is 0 Å². The molecule has 0 aromatic heterocycles. The van der Waals surface area contributed by atoms with Gasteiger partial charge in [0, 0.05) is 21.2 Å². The van der Waals surface area contributed by atoms with Gasteiger partial charge in [0.2, 0.25) is 0 Å². The van der Waals surface area contributed by atoms with Crippen LogP contribution >= 0.6 is 26.6 Å². The number of halogens is 2. The summed E-state index contributed by atoms with van der Waals surface area (Å²) in [5.41, 5.74) is 0. The molecule has 0 aliphatic rings. The Balaban J connectivity index is 3.17. The molecule has 0 saturated carbocycles. The van der Waals surface area contributed by atoms with Crippen LogP contribution in [0.4, 0.5) is 0 Å². The smallest absolute Gasteiger partial charge is 0.261 e. The van der Waals surface area contributed by atoms with Crippen LogP contribution in [0.3, 0.4) is 0 Å². The van der Waals surface area contributed by atoms with E-state index < -0.39 is 9.05 Å². The van der Waals surface area contributed by atoms with Crippen molar-refractivity contribution >= 4 is 35.7 Å². The Hall–Kier alpha value is -0.260. The van der Waals surface area contributed by atoms with E-state index in [4.69, 9.17) is 15.4 Å². The Morgan fingerprint density at radius 1 is 1.33 bits per heavy atom. The number of hydrogen-bond donors (Lipinski definition) is 0. The number of benzene rings is 1. The van der Waals surface area contributed by atoms with Gasteiger partial charge in [-0.05, 0) is 26.0 Å². The van der Waals surface area contributed by atoms with Crippen molar-refractivity contribution in [1.29, 1.82) is 0 Å². The average Bonchev–Trinajstić information content (AvgIpc) is 1.99. The van der Waals surface area contributed by atoms with Crippen molar-refractivity contribution in [2.24, 2.45) is 0 Å². The minimum Gasteiger partial charge on any atom is -0.491 e. The van der Waals surface area contributed by atoms with Gasteiger partial charge < -0.3 is 4.74 Å². The molecule has 0 amide bonds. The van der Waals surface area contributed by atoms with Crippen LogP contribution in [0.1, 0.15) is 13.8 Å². The molecule has 0 spiro atoms. The number of hydrogen-bond acceptors (Lipinski definition) is 3. The molecule has 84 valence electrons. The third kappa shape index (κ3) is 4.01. The fourth-order valence-corrected chi connectivity index (χ4v) is 2.43. The summed E-state index contributed by atoms with van der Waals surface area (Å²) in [7, 11) is 1.51. The van der Waals surface area contributed by atoms with Gasteiger partial charge in [-0.15, -0.1) is 0 Å². The van der Waals surface area contributed by atoms with E-state index in [1.165, 1.54) is 12.1 Å². The lowest BCUT2D eigenvalue weighted by Crippen LogP contribution is -2.06. The lowest BCUT2D eigenvalue weighted by atomic mass is 10.3. The molecule has 0 radical (unpaired) electrons. The molecular weight excluding hydrogens is 304 g/mol. The third-order valence-corrected chi connectivity index (χ3v) is 3.29. The fourth-order valence-electron chi connectivity index (χ4n) is 1.02. The summed E-state index contributed by atoms with van der Waals surface area (Å²) in [4.78, 5) is 0.0224. The average molecular weight is 314 g/mol. The molecule has 1 aromatic carbocycles. The second kappa shape index (κ2) is 4.72. The monoisotopic (exact) mass is 312 g/mol. The van der Waals surface area contributed by atoms with Gasteiger partial charge in [0.1, 0.15) is 5.75 Å². The first-order chi connectivity index (χ1) is 6.79. The highest BCUT2D eigenvalue weighted by molar-refractivity contribution is 9.10. The van der Waals surface area contributed by atoms with E-state index in [1.807, 2.05) is 13.8 Å². The molecule has 0 unspecified atom stereocenters. The van der Waals surface area contributed by atoms with Crippen LogP contribution in [0.2, 0.25) is 0 Å². The third-order valence-electron chi connectivity index (χ3n) is 1.50. The summed E-state index contributed by atoms with van der Waals surface area (Å²) in [6.45, 7) is 3.71. The predicted octanol–water partition coefficient (Wildman–Crippen LogP) is 3.16. The molecule has 0 aliphatic heterocycles. The van der Waals surface area contributed by atoms with Gasteiger partial charge >= 0.3 is 0 Å². The van der Waals surface area contributed by atoms with Gasteiger partial charge in [-0.1, -0.05) is 15.9 Å². The lowest BCUT2D eigenvalue weighted by Gasteiger charge is -2.10. The van der Waals surface area contributed by atoms with Gasteiger partial charge in [-0.25, -0.2) is 8.42 Å². The Kier molecular flexibility index (Phi) is 4.03. The largest absolute Gasteiger partial charge is 0.491 e. The normalized spacial score (nSPS) is 11.8. The highest BCUT2D eigenvalue weighted by Gasteiger charge is 2.12. The van der Waals surface area contributed by atoms with Gasteiger partial charge in [-0.3, -0.25) is 0 Å². The summed E-state index contributed by atoms with van der Waals surface area (Å²) in [6, 6.07) is 4.51. The van der Waals surface area contributed by atoms with Gasteiger partial charge in [0.05, 0.1) is 11.0 Å². The van der Waals surface area contributed by atoms with Crippen LogP contribution in [0, 0.1) is 0 Å². The first-order valence-electron chi connectivity index (χ1n) is 4.21. The fraction of sp³-hybridized carbons (Fsp3) is 0.333. The zero-order valence-electron chi connectivity index (χ0n) is 8.20. The molecule has 0 N–H and O–H groups in total. The van der Waals surface area contributed by atoms with E-state index in [1.54, 1.807) is 6.07 Å². The molecule has 6 heteroatoms. The quantitative estimate of drug-likeness (QED) is 0.805. The van der Waals surface area contributed by atoms with Crippen LogP contribution in [-0.2, 0) is 9.05 Å². The Morgan fingerprint density at radius 3 is 2.40 bits per heavy atom. The second-order valence-corrected chi connectivity index (χ2v) is 6.71. The van der Waals surface area contributed by atoms with Crippen LogP contribution in [0.25, 0.3) is 0 Å². The minimum absolute atomic E-state index is 0.0224. The summed E-state index contributed by atoms with van der Waals surface area (Å²) in [5.74, 6) is 0.471. The van der Waals surface area contributed by atoms with Crippen molar-refractivity contribution < 1.29 is 13.2 Å². The van der Waals surface area contributed by atoms with Crippen molar-refractivity contribution in [3.8, 4) is 5.75 Å².